The molecular formula is C15H23BrClNO2. The van der Waals surface area contributed by atoms with Gasteiger partial charge in [0.1, 0.15) is 12.4 Å². The number of unbranched alkanes of at least 4 members (excludes halogenated alkanes) is 1. The largest absolute Gasteiger partial charge is 0.490 e. The maximum Gasteiger partial charge on any atom is 0.140 e. The second-order valence-corrected chi connectivity index (χ2v) is 5.92. The Bertz CT molecular complexity index is 378. The lowest BCUT2D eigenvalue weighted by Crippen LogP contribution is -2.25. The Labute approximate surface area is 135 Å². The van der Waals surface area contributed by atoms with Crippen molar-refractivity contribution in [3.63, 3.8) is 0 Å². The molecule has 0 aromatic heterocycles. The summed E-state index contributed by atoms with van der Waals surface area (Å²) in [6.07, 6.45) is 2.30. The van der Waals surface area contributed by atoms with Crippen molar-refractivity contribution in [2.24, 2.45) is 0 Å². The number of aryl methyl sites for hydroxylation is 1. The van der Waals surface area contributed by atoms with Crippen LogP contribution in [0, 0.1) is 6.92 Å². The number of halogens is 2. The molecule has 0 bridgehead atoms. The Morgan fingerprint density at radius 1 is 1.20 bits per heavy atom. The number of benzene rings is 1. The second kappa shape index (κ2) is 10.4. The summed E-state index contributed by atoms with van der Waals surface area (Å²) in [7, 11) is 0. The van der Waals surface area contributed by atoms with Crippen LogP contribution in [-0.2, 0) is 4.74 Å². The van der Waals surface area contributed by atoms with Crippen LogP contribution in [0.5, 0.6) is 5.75 Å². The van der Waals surface area contributed by atoms with E-state index >= 15 is 0 Å². The molecule has 0 unspecified atom stereocenters. The third-order valence-electron chi connectivity index (χ3n) is 2.78. The van der Waals surface area contributed by atoms with E-state index in [4.69, 9.17) is 21.1 Å². The van der Waals surface area contributed by atoms with Crippen LogP contribution in [-0.4, -0.2) is 32.9 Å². The Morgan fingerprint density at radius 2 is 1.95 bits per heavy atom. The summed E-state index contributed by atoms with van der Waals surface area (Å²) in [5.74, 6) is 0.760. The van der Waals surface area contributed by atoms with Gasteiger partial charge in [-0.25, -0.2) is 0 Å². The van der Waals surface area contributed by atoms with Crippen molar-refractivity contribution in [2.75, 3.05) is 32.9 Å². The molecule has 0 aliphatic heterocycles. The van der Waals surface area contributed by atoms with Crippen LogP contribution >= 0.6 is 27.5 Å². The molecule has 0 spiro atoms. The molecule has 3 nitrogen and oxygen atoms in total. The molecule has 0 fully saturated rings. The van der Waals surface area contributed by atoms with Gasteiger partial charge in [-0.2, -0.15) is 0 Å². The quantitative estimate of drug-likeness (QED) is 0.631. The summed E-state index contributed by atoms with van der Waals surface area (Å²) in [4.78, 5) is 0. The summed E-state index contributed by atoms with van der Waals surface area (Å²) < 4.78 is 12.1. The van der Waals surface area contributed by atoms with Crippen molar-refractivity contribution < 1.29 is 9.47 Å². The summed E-state index contributed by atoms with van der Waals surface area (Å²) in [5.41, 5.74) is 1.03. The van der Waals surface area contributed by atoms with Crippen LogP contribution in [0.4, 0.5) is 0 Å². The second-order valence-electron chi connectivity index (χ2n) is 4.60. The first-order chi connectivity index (χ1) is 9.65. The van der Waals surface area contributed by atoms with E-state index in [0.29, 0.717) is 11.6 Å². The lowest BCUT2D eigenvalue weighted by Gasteiger charge is -2.12. The van der Waals surface area contributed by atoms with E-state index in [9.17, 15) is 0 Å². The van der Waals surface area contributed by atoms with Crippen molar-refractivity contribution in [3.05, 3.63) is 27.2 Å². The van der Waals surface area contributed by atoms with Crippen molar-refractivity contribution in [2.45, 2.75) is 26.7 Å². The first-order valence-electron chi connectivity index (χ1n) is 7.02. The van der Waals surface area contributed by atoms with Crippen molar-refractivity contribution >= 4 is 27.5 Å². The van der Waals surface area contributed by atoms with Crippen LogP contribution in [0.2, 0.25) is 5.02 Å². The molecule has 1 N–H and O–H groups in total. The molecule has 1 aromatic carbocycles. The predicted molar refractivity (Wildman–Crippen MR) is 88.0 cm³/mol. The van der Waals surface area contributed by atoms with Gasteiger partial charge in [0.15, 0.2) is 0 Å². The number of hydrogen-bond donors (Lipinski definition) is 1. The molecule has 114 valence electrons. The minimum absolute atomic E-state index is 0.594. The highest BCUT2D eigenvalue weighted by atomic mass is 79.9. The Balaban J connectivity index is 2.13. The molecule has 0 saturated heterocycles. The minimum atomic E-state index is 0.594. The standard InChI is InChI=1S/C15H23BrClNO2/c1-3-4-7-19-8-5-18-6-9-20-15-12(2)10-13(16)11-14(15)17/h10-11,18H,3-9H2,1-2H3. The van der Waals surface area contributed by atoms with E-state index in [0.717, 1.165) is 48.5 Å². The van der Waals surface area contributed by atoms with Gasteiger partial charge in [-0.3, -0.25) is 0 Å². The van der Waals surface area contributed by atoms with E-state index in [2.05, 4.69) is 28.2 Å². The number of rotatable bonds is 10. The number of nitrogens with one attached hydrogen (secondary N) is 1. The van der Waals surface area contributed by atoms with Gasteiger partial charge in [-0.1, -0.05) is 40.9 Å². The highest BCUT2D eigenvalue weighted by Gasteiger charge is 2.06. The van der Waals surface area contributed by atoms with Crippen LogP contribution < -0.4 is 10.1 Å². The van der Waals surface area contributed by atoms with Crippen LogP contribution in [0.25, 0.3) is 0 Å². The maximum atomic E-state index is 6.15. The smallest absolute Gasteiger partial charge is 0.140 e. The summed E-state index contributed by atoms with van der Waals surface area (Å²) in [6.45, 7) is 7.97. The third-order valence-corrected chi connectivity index (χ3v) is 3.52. The molecule has 0 aliphatic carbocycles. The first-order valence-corrected chi connectivity index (χ1v) is 8.19. The zero-order valence-corrected chi connectivity index (χ0v) is 14.5. The van der Waals surface area contributed by atoms with Gasteiger partial charge in [0.25, 0.3) is 0 Å². The molecule has 0 atom stereocenters. The predicted octanol–water partition coefficient (Wildman–Crippen LogP) is 4.20. The minimum Gasteiger partial charge on any atom is -0.490 e. The molecular weight excluding hydrogens is 342 g/mol. The monoisotopic (exact) mass is 363 g/mol. The zero-order valence-electron chi connectivity index (χ0n) is 12.2. The van der Waals surface area contributed by atoms with Gasteiger partial charge in [-0.15, -0.1) is 0 Å². The zero-order chi connectivity index (χ0) is 14.8. The molecule has 20 heavy (non-hydrogen) atoms. The number of hydrogen-bond acceptors (Lipinski definition) is 3. The van der Waals surface area contributed by atoms with E-state index in [-0.39, 0.29) is 0 Å². The van der Waals surface area contributed by atoms with Crippen molar-refractivity contribution in [1.29, 1.82) is 0 Å². The normalized spacial score (nSPS) is 10.8. The van der Waals surface area contributed by atoms with E-state index in [1.165, 1.54) is 6.42 Å². The van der Waals surface area contributed by atoms with Crippen LogP contribution in [0.1, 0.15) is 25.3 Å². The molecule has 0 aliphatic rings. The fourth-order valence-corrected chi connectivity index (χ4v) is 2.74. The van der Waals surface area contributed by atoms with Crippen molar-refractivity contribution in [1.82, 2.24) is 5.32 Å². The van der Waals surface area contributed by atoms with Gasteiger partial charge >= 0.3 is 0 Å². The van der Waals surface area contributed by atoms with E-state index in [1.54, 1.807) is 0 Å². The molecule has 5 heteroatoms. The third kappa shape index (κ3) is 6.93. The molecule has 0 radical (unpaired) electrons. The highest BCUT2D eigenvalue weighted by molar-refractivity contribution is 9.10. The highest BCUT2D eigenvalue weighted by Crippen LogP contribution is 2.31. The molecule has 0 saturated carbocycles. The summed E-state index contributed by atoms with van der Waals surface area (Å²) in [5, 5.41) is 3.92. The van der Waals surface area contributed by atoms with Crippen LogP contribution in [0.3, 0.4) is 0 Å². The lowest BCUT2D eigenvalue weighted by atomic mass is 10.2. The maximum absolute atomic E-state index is 6.15. The summed E-state index contributed by atoms with van der Waals surface area (Å²) >= 11 is 9.56. The van der Waals surface area contributed by atoms with E-state index in [1.807, 2.05) is 19.1 Å². The molecule has 0 heterocycles. The lowest BCUT2D eigenvalue weighted by molar-refractivity contribution is 0.132. The Hall–Kier alpha value is -0.290. The van der Waals surface area contributed by atoms with Gasteiger partial charge < -0.3 is 14.8 Å². The van der Waals surface area contributed by atoms with E-state index < -0.39 is 0 Å². The van der Waals surface area contributed by atoms with Crippen LogP contribution in [0.15, 0.2) is 16.6 Å². The average Bonchev–Trinajstić information content (AvgIpc) is 2.39. The fraction of sp³-hybridized carbons (Fsp3) is 0.600. The summed E-state index contributed by atoms with van der Waals surface area (Å²) in [6, 6.07) is 3.84. The fourth-order valence-electron chi connectivity index (χ4n) is 1.71. The van der Waals surface area contributed by atoms with Gasteiger partial charge in [0, 0.05) is 24.2 Å². The Kier molecular flexibility index (Phi) is 9.27. The number of ether oxygens (including phenoxy) is 2. The SMILES string of the molecule is CCCCOCCNCCOc1c(C)cc(Br)cc1Cl. The molecule has 1 aromatic rings. The van der Waals surface area contributed by atoms with Gasteiger partial charge in [-0.05, 0) is 31.0 Å². The average molecular weight is 365 g/mol. The molecule has 1 rings (SSSR count). The van der Waals surface area contributed by atoms with Crippen molar-refractivity contribution in [3.8, 4) is 5.75 Å². The first kappa shape index (κ1) is 17.8. The van der Waals surface area contributed by atoms with Gasteiger partial charge in [0.05, 0.1) is 11.6 Å². The Morgan fingerprint density at radius 3 is 2.65 bits per heavy atom. The van der Waals surface area contributed by atoms with Gasteiger partial charge in [0.2, 0.25) is 0 Å². The topological polar surface area (TPSA) is 30.5 Å². The molecule has 0 amide bonds.